The Morgan fingerprint density at radius 1 is 1.18 bits per heavy atom. The highest BCUT2D eigenvalue weighted by Crippen LogP contribution is 2.52. The van der Waals surface area contributed by atoms with Gasteiger partial charge in [-0.3, -0.25) is 19.4 Å². The summed E-state index contributed by atoms with van der Waals surface area (Å²) in [6.07, 6.45) is 3.71. The zero-order valence-electron chi connectivity index (χ0n) is 21.0. The number of aromatic nitrogens is 2. The maximum Gasteiger partial charge on any atom is 0.268 e. The number of nitrogens with one attached hydrogen (secondary N) is 1. The van der Waals surface area contributed by atoms with Gasteiger partial charge >= 0.3 is 0 Å². The van der Waals surface area contributed by atoms with Gasteiger partial charge in [-0.25, -0.2) is 4.98 Å². The van der Waals surface area contributed by atoms with E-state index in [-0.39, 0.29) is 35.4 Å². The van der Waals surface area contributed by atoms with Crippen LogP contribution in [0.2, 0.25) is 10.0 Å². The van der Waals surface area contributed by atoms with Crippen molar-refractivity contribution in [2.75, 3.05) is 44.1 Å². The number of para-hydroxylation sites is 1. The second-order valence-electron chi connectivity index (χ2n) is 10.2. The van der Waals surface area contributed by atoms with Crippen molar-refractivity contribution in [1.29, 1.82) is 0 Å². The molecule has 1 saturated carbocycles. The molecule has 38 heavy (non-hydrogen) atoms. The first-order valence-electron chi connectivity index (χ1n) is 12.3. The molecule has 0 unspecified atom stereocenters. The topological polar surface area (TPSA) is 90.9 Å². The number of carbonyl (C=O) groups excluding carboxylic acids is 2. The predicted octanol–water partition coefficient (Wildman–Crippen LogP) is 4.46. The van der Waals surface area contributed by atoms with E-state index in [0.717, 1.165) is 25.1 Å². The summed E-state index contributed by atoms with van der Waals surface area (Å²) in [5.74, 6) is 0.266. The number of likely N-dealkylation sites (N-methyl/N-ethyl adjacent to an activating group) is 1. The molecule has 0 radical (unpaired) electrons. The molecule has 1 aromatic heterocycles. The van der Waals surface area contributed by atoms with E-state index < -0.39 is 0 Å². The third kappa shape index (κ3) is 4.44. The summed E-state index contributed by atoms with van der Waals surface area (Å²) < 4.78 is 5.80. The number of anilines is 3. The molecule has 1 fully saturated rings. The van der Waals surface area contributed by atoms with Crippen LogP contribution in [-0.4, -0.2) is 65.5 Å². The molecule has 6 rings (SSSR count). The lowest BCUT2D eigenvalue weighted by Crippen LogP contribution is -2.43. The fraction of sp³-hybridized carbons (Fsp3) is 0.333. The van der Waals surface area contributed by atoms with Crippen LogP contribution in [0.15, 0.2) is 42.6 Å². The van der Waals surface area contributed by atoms with E-state index in [9.17, 15) is 9.59 Å². The normalized spacial score (nSPS) is 17.5. The van der Waals surface area contributed by atoms with Crippen molar-refractivity contribution < 1.29 is 14.3 Å². The van der Waals surface area contributed by atoms with Gasteiger partial charge in [0.25, 0.3) is 5.91 Å². The molecule has 2 aliphatic heterocycles. The summed E-state index contributed by atoms with van der Waals surface area (Å²) in [5.41, 5.74) is 4.13. The van der Waals surface area contributed by atoms with Crippen molar-refractivity contribution in [3.63, 3.8) is 0 Å². The van der Waals surface area contributed by atoms with Crippen LogP contribution in [0.1, 0.15) is 34.3 Å². The molecule has 0 atom stereocenters. The van der Waals surface area contributed by atoms with E-state index in [1.165, 1.54) is 22.2 Å². The molecule has 2 aromatic carbocycles. The number of hydrogen-bond donors (Lipinski definition) is 1. The summed E-state index contributed by atoms with van der Waals surface area (Å²) in [5, 5.41) is 3.94. The Morgan fingerprint density at radius 2 is 1.95 bits per heavy atom. The number of carbonyl (C=O) groups is 2. The Hall–Kier alpha value is -3.40. The van der Waals surface area contributed by atoms with Gasteiger partial charge in [-0.15, -0.1) is 0 Å². The minimum absolute atomic E-state index is 0.0752. The van der Waals surface area contributed by atoms with Crippen LogP contribution in [-0.2, 0) is 16.8 Å². The number of rotatable bonds is 5. The molecule has 0 saturated heterocycles. The van der Waals surface area contributed by atoms with Gasteiger partial charge in [0.1, 0.15) is 5.56 Å². The van der Waals surface area contributed by atoms with Crippen molar-refractivity contribution in [3.05, 3.63) is 69.3 Å². The van der Waals surface area contributed by atoms with E-state index in [0.29, 0.717) is 34.8 Å². The van der Waals surface area contributed by atoms with Crippen molar-refractivity contribution in [1.82, 2.24) is 19.8 Å². The monoisotopic (exact) mass is 552 g/mol. The lowest BCUT2D eigenvalue weighted by Gasteiger charge is -2.35. The highest BCUT2D eigenvalue weighted by Gasteiger charge is 2.49. The number of ether oxygens (including phenoxy) is 1. The van der Waals surface area contributed by atoms with E-state index >= 15 is 0 Å². The lowest BCUT2D eigenvalue weighted by molar-refractivity contribution is -0.130. The Morgan fingerprint density at radius 3 is 2.66 bits per heavy atom. The number of benzene rings is 2. The third-order valence-electron chi connectivity index (χ3n) is 7.33. The maximum atomic E-state index is 13.2. The summed E-state index contributed by atoms with van der Waals surface area (Å²) in [6, 6.07) is 11.3. The molecular formula is C27H26Cl2N6O3. The van der Waals surface area contributed by atoms with Crippen LogP contribution >= 0.6 is 23.2 Å². The molecule has 3 heterocycles. The first kappa shape index (κ1) is 24.9. The fourth-order valence-corrected chi connectivity index (χ4v) is 5.81. The largest absolute Gasteiger partial charge is 0.455 e. The molecule has 9 nitrogen and oxygen atoms in total. The lowest BCUT2D eigenvalue weighted by atomic mass is 9.86. The minimum atomic E-state index is -0.344. The standard InChI is InChI=1S/C27H26Cl2N6O3/c1-33(2)22(36)13-34-12-16-10-17(6-7-19(16)27(14-34)8-9-27)31-26-30-11-18-24(32-26)38-15-35(25(18)37)23-20(28)4-3-5-21(23)29/h3-7,10-11H,8-9,12-15H2,1-2H3,(H,30,31,32). The van der Waals surface area contributed by atoms with E-state index in [1.54, 1.807) is 37.2 Å². The summed E-state index contributed by atoms with van der Waals surface area (Å²) in [7, 11) is 3.57. The quantitative estimate of drug-likeness (QED) is 0.499. The average molecular weight is 553 g/mol. The molecule has 2 amide bonds. The van der Waals surface area contributed by atoms with Crippen LogP contribution in [0.5, 0.6) is 5.88 Å². The Labute approximate surface area is 230 Å². The highest BCUT2D eigenvalue weighted by atomic mass is 35.5. The van der Waals surface area contributed by atoms with E-state index in [1.807, 2.05) is 6.07 Å². The number of hydrogen-bond acceptors (Lipinski definition) is 7. The number of fused-ring (bicyclic) bond motifs is 3. The molecule has 11 heteroatoms. The molecule has 0 bridgehead atoms. The average Bonchev–Trinajstić information content (AvgIpc) is 3.64. The van der Waals surface area contributed by atoms with Crippen LogP contribution in [0, 0.1) is 0 Å². The number of amides is 2. The van der Waals surface area contributed by atoms with Crippen LogP contribution in [0.3, 0.4) is 0 Å². The van der Waals surface area contributed by atoms with Crippen molar-refractivity contribution in [3.8, 4) is 5.88 Å². The second-order valence-corrected chi connectivity index (χ2v) is 11.0. The summed E-state index contributed by atoms with van der Waals surface area (Å²) >= 11 is 12.6. The van der Waals surface area contributed by atoms with Gasteiger partial charge in [-0.2, -0.15) is 4.98 Å². The zero-order chi connectivity index (χ0) is 26.6. The van der Waals surface area contributed by atoms with Gasteiger partial charge in [0.15, 0.2) is 6.73 Å². The fourth-order valence-electron chi connectivity index (χ4n) is 5.21. The zero-order valence-corrected chi connectivity index (χ0v) is 22.5. The Kier molecular flexibility index (Phi) is 6.17. The van der Waals surface area contributed by atoms with Gasteiger partial charge in [-0.1, -0.05) is 35.3 Å². The van der Waals surface area contributed by atoms with Gasteiger partial charge in [0.05, 0.1) is 22.3 Å². The molecule has 1 N–H and O–H groups in total. The van der Waals surface area contributed by atoms with Crippen molar-refractivity contribution >= 4 is 52.3 Å². The van der Waals surface area contributed by atoms with Crippen LogP contribution < -0.4 is 15.0 Å². The van der Waals surface area contributed by atoms with Crippen molar-refractivity contribution in [2.24, 2.45) is 0 Å². The SMILES string of the molecule is CN(C)C(=O)CN1Cc2cc(Nc3ncc4c(n3)OCN(c3c(Cl)cccc3Cl)C4=O)ccc2C2(CC2)C1. The van der Waals surface area contributed by atoms with Gasteiger partial charge in [0, 0.05) is 44.5 Å². The van der Waals surface area contributed by atoms with Crippen LogP contribution in [0.25, 0.3) is 0 Å². The van der Waals surface area contributed by atoms with E-state index in [4.69, 9.17) is 27.9 Å². The first-order valence-corrected chi connectivity index (χ1v) is 13.1. The molecule has 3 aromatic rings. The van der Waals surface area contributed by atoms with Crippen molar-refractivity contribution in [2.45, 2.75) is 24.8 Å². The summed E-state index contributed by atoms with van der Waals surface area (Å²) in [4.78, 5) is 39.5. The minimum Gasteiger partial charge on any atom is -0.455 e. The van der Waals surface area contributed by atoms with Gasteiger partial charge in [0.2, 0.25) is 17.7 Å². The summed E-state index contributed by atoms with van der Waals surface area (Å²) in [6.45, 7) is 1.94. The van der Waals surface area contributed by atoms with Crippen LogP contribution in [0.4, 0.5) is 17.3 Å². The second kappa shape index (κ2) is 9.41. The smallest absolute Gasteiger partial charge is 0.268 e. The Bertz CT molecular complexity index is 1440. The maximum absolute atomic E-state index is 13.2. The number of halogens is 2. The molecule has 196 valence electrons. The van der Waals surface area contributed by atoms with Gasteiger partial charge < -0.3 is 15.0 Å². The first-order chi connectivity index (χ1) is 18.2. The molecule has 1 spiro atoms. The Balaban J connectivity index is 1.21. The van der Waals surface area contributed by atoms with Gasteiger partial charge in [-0.05, 0) is 48.2 Å². The molecular weight excluding hydrogens is 527 g/mol. The number of nitrogens with zero attached hydrogens (tertiary/aromatic N) is 5. The third-order valence-corrected chi connectivity index (χ3v) is 7.94. The highest BCUT2D eigenvalue weighted by molar-refractivity contribution is 6.40. The molecule has 1 aliphatic carbocycles. The van der Waals surface area contributed by atoms with E-state index in [2.05, 4.69) is 32.3 Å². The predicted molar refractivity (Wildman–Crippen MR) is 145 cm³/mol. The molecule has 3 aliphatic rings.